The quantitative estimate of drug-likeness (QED) is 0.632. The number of likely N-dealkylation sites (tertiary alicyclic amines) is 1. The van der Waals surface area contributed by atoms with Gasteiger partial charge >= 0.3 is 6.18 Å². The number of alkyl halides is 3. The standard InChI is InChI=1S/C13H23F3N4O/c1-10-4-6-20(7-5-10)12(17-2)18-8-11(21)19(3)9-13(14,15)16/h10H,4-9H2,1-3H3,(H,17,18). The largest absolute Gasteiger partial charge is 0.406 e. The molecule has 0 aromatic carbocycles. The number of aliphatic imine (C=N–C) groups is 1. The maximum absolute atomic E-state index is 12.2. The second kappa shape index (κ2) is 7.51. The van der Waals surface area contributed by atoms with Crippen LogP contribution >= 0.6 is 0 Å². The fourth-order valence-corrected chi connectivity index (χ4v) is 2.20. The van der Waals surface area contributed by atoms with E-state index in [0.29, 0.717) is 16.8 Å². The Morgan fingerprint density at radius 3 is 2.43 bits per heavy atom. The minimum absolute atomic E-state index is 0.189. The van der Waals surface area contributed by atoms with Gasteiger partial charge in [0.15, 0.2) is 5.96 Å². The summed E-state index contributed by atoms with van der Waals surface area (Å²) in [7, 11) is 2.74. The van der Waals surface area contributed by atoms with Gasteiger partial charge in [-0.25, -0.2) is 0 Å². The van der Waals surface area contributed by atoms with Crippen molar-refractivity contribution in [1.29, 1.82) is 0 Å². The summed E-state index contributed by atoms with van der Waals surface area (Å²) in [6.45, 7) is 2.43. The highest BCUT2D eigenvalue weighted by atomic mass is 19.4. The Morgan fingerprint density at radius 1 is 1.38 bits per heavy atom. The Balaban J connectivity index is 2.43. The van der Waals surface area contributed by atoms with Crippen LogP contribution in [-0.2, 0) is 4.79 Å². The fraction of sp³-hybridized carbons (Fsp3) is 0.846. The van der Waals surface area contributed by atoms with Crippen molar-refractivity contribution in [2.45, 2.75) is 25.9 Å². The molecule has 0 aliphatic carbocycles. The fourth-order valence-electron chi connectivity index (χ4n) is 2.20. The molecular weight excluding hydrogens is 285 g/mol. The van der Waals surface area contributed by atoms with Gasteiger partial charge in [0.2, 0.25) is 5.91 Å². The number of piperidine rings is 1. The first-order valence-corrected chi connectivity index (χ1v) is 6.99. The van der Waals surface area contributed by atoms with E-state index in [0.717, 1.165) is 33.0 Å². The zero-order valence-electron chi connectivity index (χ0n) is 12.7. The van der Waals surface area contributed by atoms with E-state index in [4.69, 9.17) is 0 Å². The number of carbonyl (C=O) groups excluding carboxylic acids is 1. The summed E-state index contributed by atoms with van der Waals surface area (Å²) in [4.78, 5) is 18.4. The summed E-state index contributed by atoms with van der Waals surface area (Å²) in [5, 5.41) is 2.84. The second-order valence-corrected chi connectivity index (χ2v) is 5.44. The molecule has 0 spiro atoms. The number of guanidine groups is 1. The summed E-state index contributed by atoms with van der Waals surface area (Å²) in [5.41, 5.74) is 0. The van der Waals surface area contributed by atoms with E-state index in [9.17, 15) is 18.0 Å². The predicted molar refractivity (Wildman–Crippen MR) is 75.0 cm³/mol. The average Bonchev–Trinajstić information content (AvgIpc) is 2.39. The number of nitrogens with zero attached hydrogens (tertiary/aromatic N) is 3. The van der Waals surface area contributed by atoms with Crippen LogP contribution in [-0.4, -0.2) is 68.1 Å². The molecule has 0 bridgehead atoms. The molecule has 1 heterocycles. The van der Waals surface area contributed by atoms with Gasteiger partial charge in [0, 0.05) is 27.2 Å². The minimum Gasteiger partial charge on any atom is -0.347 e. The molecule has 1 aliphatic heterocycles. The third kappa shape index (κ3) is 6.22. The summed E-state index contributed by atoms with van der Waals surface area (Å²) in [6.07, 6.45) is -2.29. The van der Waals surface area contributed by atoms with E-state index < -0.39 is 18.6 Å². The number of hydrogen-bond donors (Lipinski definition) is 1. The molecule has 0 radical (unpaired) electrons. The van der Waals surface area contributed by atoms with Gasteiger partial charge in [0.1, 0.15) is 6.54 Å². The molecule has 1 aliphatic rings. The van der Waals surface area contributed by atoms with Crippen LogP contribution in [0.4, 0.5) is 13.2 Å². The van der Waals surface area contributed by atoms with Crippen molar-refractivity contribution in [2.75, 3.05) is 40.3 Å². The molecule has 122 valence electrons. The Morgan fingerprint density at radius 2 is 1.95 bits per heavy atom. The van der Waals surface area contributed by atoms with Crippen molar-refractivity contribution in [3.8, 4) is 0 Å². The maximum Gasteiger partial charge on any atom is 0.406 e. The molecule has 21 heavy (non-hydrogen) atoms. The number of amides is 1. The van der Waals surface area contributed by atoms with Gasteiger partial charge in [-0.15, -0.1) is 0 Å². The molecule has 0 saturated carbocycles. The molecule has 0 aromatic heterocycles. The predicted octanol–water partition coefficient (Wildman–Crippen LogP) is 1.31. The summed E-state index contributed by atoms with van der Waals surface area (Å²) in [5.74, 6) is 0.619. The van der Waals surface area contributed by atoms with Gasteiger partial charge in [0.25, 0.3) is 0 Å². The monoisotopic (exact) mass is 308 g/mol. The number of hydrogen-bond acceptors (Lipinski definition) is 2. The number of rotatable bonds is 3. The van der Waals surface area contributed by atoms with Crippen LogP contribution in [0.1, 0.15) is 19.8 Å². The summed E-state index contributed by atoms with van der Waals surface area (Å²) < 4.78 is 36.6. The molecule has 1 rings (SSSR count). The van der Waals surface area contributed by atoms with E-state index >= 15 is 0 Å². The van der Waals surface area contributed by atoms with Crippen molar-refractivity contribution in [3.63, 3.8) is 0 Å². The zero-order valence-corrected chi connectivity index (χ0v) is 12.7. The molecule has 0 aromatic rings. The summed E-state index contributed by atoms with van der Waals surface area (Å²) in [6, 6.07) is 0. The molecule has 5 nitrogen and oxygen atoms in total. The van der Waals surface area contributed by atoms with Crippen LogP contribution in [0.5, 0.6) is 0 Å². The van der Waals surface area contributed by atoms with Gasteiger partial charge in [0.05, 0.1) is 6.54 Å². The Labute approximate surface area is 123 Å². The van der Waals surface area contributed by atoms with Crippen molar-refractivity contribution in [2.24, 2.45) is 10.9 Å². The van der Waals surface area contributed by atoms with E-state index in [-0.39, 0.29) is 6.54 Å². The van der Waals surface area contributed by atoms with Gasteiger partial charge in [-0.05, 0) is 18.8 Å². The van der Waals surface area contributed by atoms with E-state index in [2.05, 4.69) is 17.2 Å². The molecule has 0 unspecified atom stereocenters. The lowest BCUT2D eigenvalue weighted by Crippen LogP contribution is -2.49. The van der Waals surface area contributed by atoms with E-state index in [1.54, 1.807) is 7.05 Å². The van der Waals surface area contributed by atoms with Gasteiger partial charge in [-0.3, -0.25) is 9.79 Å². The molecule has 1 saturated heterocycles. The first-order valence-electron chi connectivity index (χ1n) is 6.99. The van der Waals surface area contributed by atoms with Gasteiger partial charge in [-0.2, -0.15) is 13.2 Å². The molecule has 8 heteroatoms. The van der Waals surface area contributed by atoms with E-state index in [1.165, 1.54) is 0 Å². The zero-order chi connectivity index (χ0) is 16.0. The van der Waals surface area contributed by atoms with Crippen molar-refractivity contribution < 1.29 is 18.0 Å². The highest BCUT2D eigenvalue weighted by molar-refractivity contribution is 5.86. The lowest BCUT2D eigenvalue weighted by molar-refractivity contribution is -0.157. The normalized spacial score (nSPS) is 17.8. The first kappa shape index (κ1) is 17.6. The smallest absolute Gasteiger partial charge is 0.347 e. The summed E-state index contributed by atoms with van der Waals surface area (Å²) >= 11 is 0. The number of nitrogens with one attached hydrogen (secondary N) is 1. The molecule has 1 N–H and O–H groups in total. The topological polar surface area (TPSA) is 47.9 Å². The van der Waals surface area contributed by atoms with Crippen LogP contribution in [0.25, 0.3) is 0 Å². The van der Waals surface area contributed by atoms with Gasteiger partial charge < -0.3 is 15.1 Å². The van der Waals surface area contributed by atoms with Crippen LogP contribution in [0.15, 0.2) is 4.99 Å². The number of halogens is 3. The SMILES string of the molecule is CN=C(NCC(=O)N(C)CC(F)(F)F)N1CCC(C)CC1. The Bertz CT molecular complexity index is 376. The van der Waals surface area contributed by atoms with Crippen LogP contribution in [0, 0.1) is 5.92 Å². The van der Waals surface area contributed by atoms with Crippen LogP contribution < -0.4 is 5.32 Å². The Hall–Kier alpha value is -1.47. The van der Waals surface area contributed by atoms with E-state index in [1.807, 2.05) is 4.90 Å². The lowest BCUT2D eigenvalue weighted by atomic mass is 10.00. The molecular formula is C13H23F3N4O. The van der Waals surface area contributed by atoms with Crippen molar-refractivity contribution in [1.82, 2.24) is 15.1 Å². The molecule has 1 amide bonds. The third-order valence-corrected chi connectivity index (χ3v) is 3.53. The third-order valence-electron chi connectivity index (χ3n) is 3.53. The number of carbonyl (C=O) groups is 1. The highest BCUT2D eigenvalue weighted by Gasteiger charge is 2.31. The van der Waals surface area contributed by atoms with Crippen LogP contribution in [0.3, 0.4) is 0 Å². The van der Waals surface area contributed by atoms with Crippen LogP contribution in [0.2, 0.25) is 0 Å². The minimum atomic E-state index is -4.38. The molecule has 0 atom stereocenters. The van der Waals surface area contributed by atoms with Crippen molar-refractivity contribution >= 4 is 11.9 Å². The first-order chi connectivity index (χ1) is 9.73. The Kier molecular flexibility index (Phi) is 6.29. The average molecular weight is 308 g/mol. The lowest BCUT2D eigenvalue weighted by Gasteiger charge is -2.33. The maximum atomic E-state index is 12.2. The second-order valence-electron chi connectivity index (χ2n) is 5.44. The van der Waals surface area contributed by atoms with Gasteiger partial charge in [-0.1, -0.05) is 6.92 Å². The number of likely N-dealkylation sites (N-methyl/N-ethyl adjacent to an activating group) is 1. The van der Waals surface area contributed by atoms with Crippen molar-refractivity contribution in [3.05, 3.63) is 0 Å². The highest BCUT2D eigenvalue weighted by Crippen LogP contribution is 2.16. The molecule has 1 fully saturated rings.